The quantitative estimate of drug-likeness (QED) is 0.165. The number of aromatic hydroxyl groups is 2. The number of aliphatic hydroxyl groups is 2. The number of piperazine rings is 1. The van der Waals surface area contributed by atoms with Gasteiger partial charge in [0, 0.05) is 101 Å². The second-order valence-corrected chi connectivity index (χ2v) is 20.7. The summed E-state index contributed by atoms with van der Waals surface area (Å²) in [5.41, 5.74) is 0.795. The van der Waals surface area contributed by atoms with Crippen molar-refractivity contribution in [1.82, 2.24) is 9.80 Å². The SMILES string of the molecule is C/C1=C/C=C/C(C)C[C@@H](C)C(O)[C@@H](C)C(OC(=O)N2CCN(c3ccccc3)CC2)[C@H](C)C/C=C/O[C@@]2(C)Oc3c(C)c(O)c4c(O)c(c5c(c4c3C2=O)=NC2(CCN(CC(C)C)CC2)N=5)NC1=O.CO. The van der Waals surface area contributed by atoms with Crippen LogP contribution in [0.1, 0.15) is 97.0 Å². The number of ether oxygens (including phenoxy) is 3. The minimum atomic E-state index is -1.88. The Labute approximate surface area is 417 Å². The predicted octanol–water partition coefficient (Wildman–Crippen LogP) is 7.16. The van der Waals surface area contributed by atoms with Crippen molar-refractivity contribution in [1.29, 1.82) is 0 Å². The first kappa shape index (κ1) is 52.8. The van der Waals surface area contributed by atoms with Crippen molar-refractivity contribution < 1.29 is 49.0 Å². The fraction of sp³-hybridized carbons (Fsp3) is 0.545. The molecule has 1 spiro atoms. The Bertz CT molecular complexity index is 2690. The zero-order chi connectivity index (χ0) is 51.5. The van der Waals surface area contributed by atoms with Crippen LogP contribution in [0.2, 0.25) is 0 Å². The number of anilines is 2. The average molecular weight is 979 g/mol. The molecule has 16 nitrogen and oxygen atoms in total. The van der Waals surface area contributed by atoms with Crippen molar-refractivity contribution in [3.63, 3.8) is 0 Å². The Morgan fingerprint density at radius 3 is 2.24 bits per heavy atom. The van der Waals surface area contributed by atoms with Gasteiger partial charge in [-0.25, -0.2) is 4.79 Å². The molecule has 2 saturated heterocycles. The molecule has 71 heavy (non-hydrogen) atoms. The molecular weight excluding hydrogens is 905 g/mol. The smallest absolute Gasteiger partial charge is 0.410 e. The highest BCUT2D eigenvalue weighted by Gasteiger charge is 2.50. The molecular formula is C55H74N6O10. The van der Waals surface area contributed by atoms with Gasteiger partial charge in [-0.15, -0.1) is 0 Å². The number of rotatable bonds is 4. The summed E-state index contributed by atoms with van der Waals surface area (Å²) in [6, 6.07) is 10.1. The van der Waals surface area contributed by atoms with E-state index in [1.807, 2.05) is 58.0 Å². The van der Waals surface area contributed by atoms with Crippen molar-refractivity contribution in [2.75, 3.05) is 63.1 Å². The van der Waals surface area contributed by atoms with Crippen LogP contribution in [-0.4, -0.2) is 125 Å². The van der Waals surface area contributed by atoms with E-state index in [2.05, 4.69) is 41.1 Å². The minimum absolute atomic E-state index is 0.00378. The number of Topliss-reactive ketones (excluding diaryl/α,β-unsaturated/α-hetero) is 1. The molecule has 6 heterocycles. The Balaban J connectivity index is 0.00000366. The van der Waals surface area contributed by atoms with E-state index >= 15 is 0 Å². The average Bonchev–Trinajstić information content (AvgIpc) is 3.86. The standard InChI is InChI=1S/C54H70N6O9.CH4O/c1-31(2)30-58-22-20-54(21-23-58)56-42-39-40-46(62)37(8)49-41(39)50(64)53(9,69-49)67-28-14-17-33(4)48(68-52(66)60-26-24-59(25-27-60)38-18-11-10-12-19-38)36(7)45(61)35(6)29-32(3)15-13-16-34(5)51(65)55-44(47(40)63)43(42)57-54;1-2/h10-16,18-19,28,31-33,35-36,45,48,61-63H,17,20-27,29-30H2,1-9H3,(H,55,65);2H,1H3/b15-13+,28-14+,34-16-;/t32?,33-,35-,36-,45?,48?,53+;/m1./s1. The van der Waals surface area contributed by atoms with E-state index in [0.717, 1.165) is 32.4 Å². The summed E-state index contributed by atoms with van der Waals surface area (Å²) >= 11 is 0. The van der Waals surface area contributed by atoms with Gasteiger partial charge in [-0.05, 0) is 68.6 Å². The Morgan fingerprint density at radius 2 is 1.58 bits per heavy atom. The van der Waals surface area contributed by atoms with E-state index in [-0.39, 0.29) is 67.6 Å². The topological polar surface area (TPSA) is 206 Å². The molecule has 3 unspecified atom stereocenters. The van der Waals surface area contributed by atoms with Crippen LogP contribution in [0.15, 0.2) is 76.5 Å². The van der Waals surface area contributed by atoms with Gasteiger partial charge in [-0.1, -0.05) is 78.0 Å². The Morgan fingerprint density at radius 1 is 0.915 bits per heavy atom. The molecule has 0 saturated carbocycles. The lowest BCUT2D eigenvalue weighted by atomic mass is 9.80. The number of nitrogens with one attached hydrogen (secondary N) is 1. The summed E-state index contributed by atoms with van der Waals surface area (Å²) < 4.78 is 18.9. The number of amides is 2. The van der Waals surface area contributed by atoms with Gasteiger partial charge in [-0.3, -0.25) is 19.6 Å². The summed E-state index contributed by atoms with van der Waals surface area (Å²) in [7, 11) is 1.00. The van der Waals surface area contributed by atoms with Crippen molar-refractivity contribution in [2.24, 2.45) is 39.6 Å². The maximum Gasteiger partial charge on any atom is 0.410 e. The van der Waals surface area contributed by atoms with Gasteiger partial charge in [0.1, 0.15) is 28.6 Å². The number of phenols is 2. The highest BCUT2D eigenvalue weighted by atomic mass is 16.7. The number of hydrogen-bond donors (Lipinski definition) is 5. The number of fused-ring (bicyclic) bond motifs is 13. The van der Waals surface area contributed by atoms with Gasteiger partial charge < -0.3 is 54.7 Å². The van der Waals surface area contributed by atoms with Gasteiger partial charge in [0.2, 0.25) is 0 Å². The van der Waals surface area contributed by atoms with Crippen LogP contribution in [0.3, 0.4) is 0 Å². The third-order valence-corrected chi connectivity index (χ3v) is 14.8. The molecule has 3 aromatic rings. The Kier molecular flexibility index (Phi) is 16.2. The summed E-state index contributed by atoms with van der Waals surface area (Å²) in [6.45, 7) is 21.7. The van der Waals surface area contributed by atoms with Gasteiger partial charge in [-0.2, -0.15) is 0 Å². The van der Waals surface area contributed by atoms with E-state index in [9.17, 15) is 29.7 Å². The van der Waals surface area contributed by atoms with E-state index in [1.165, 1.54) is 13.2 Å². The normalized spacial score (nSPS) is 28.7. The number of likely N-dealkylation sites (tertiary alicyclic amines) is 1. The van der Waals surface area contributed by atoms with E-state index in [0.29, 0.717) is 63.4 Å². The highest BCUT2D eigenvalue weighted by molar-refractivity contribution is 6.19. The third kappa shape index (κ3) is 10.8. The van der Waals surface area contributed by atoms with E-state index in [1.54, 1.807) is 30.9 Å². The summed E-state index contributed by atoms with van der Waals surface area (Å²) in [5, 5.41) is 46.5. The van der Waals surface area contributed by atoms with Crippen LogP contribution in [-0.2, 0) is 14.3 Å². The van der Waals surface area contributed by atoms with Crippen LogP contribution >= 0.6 is 0 Å². The molecule has 16 heteroatoms. The number of ketones is 1. The number of allylic oxidation sites excluding steroid dienone is 4. The van der Waals surface area contributed by atoms with Crippen molar-refractivity contribution in [3.8, 4) is 17.2 Å². The van der Waals surface area contributed by atoms with Crippen LogP contribution in [0, 0.1) is 36.5 Å². The predicted molar refractivity (Wildman–Crippen MR) is 273 cm³/mol. The first-order valence-corrected chi connectivity index (χ1v) is 25.2. The molecule has 3 aromatic carbocycles. The van der Waals surface area contributed by atoms with Gasteiger partial charge in [0.15, 0.2) is 11.4 Å². The number of hydrogen-bond acceptors (Lipinski definition) is 14. The van der Waals surface area contributed by atoms with Crippen LogP contribution in [0.4, 0.5) is 16.2 Å². The fourth-order valence-electron chi connectivity index (χ4n) is 10.8. The monoisotopic (exact) mass is 979 g/mol. The molecule has 5 bridgehead atoms. The second kappa shape index (κ2) is 21.8. The summed E-state index contributed by atoms with van der Waals surface area (Å²) in [5.74, 6) is -4.07. The van der Waals surface area contributed by atoms with Crippen molar-refractivity contribution in [2.45, 2.75) is 112 Å². The lowest BCUT2D eigenvalue weighted by molar-refractivity contribution is -0.112. The lowest BCUT2D eigenvalue weighted by Gasteiger charge is -2.39. The summed E-state index contributed by atoms with van der Waals surface area (Å²) in [6.07, 6.45) is 8.81. The molecule has 2 amide bonds. The molecule has 0 aromatic heterocycles. The fourth-order valence-corrected chi connectivity index (χ4v) is 10.8. The molecule has 6 aliphatic rings. The van der Waals surface area contributed by atoms with E-state index in [4.69, 9.17) is 29.3 Å². The molecule has 7 atom stereocenters. The highest BCUT2D eigenvalue weighted by Crippen LogP contribution is 2.50. The lowest BCUT2D eigenvalue weighted by Crippen LogP contribution is -2.51. The third-order valence-electron chi connectivity index (χ3n) is 14.8. The maximum absolute atomic E-state index is 14.8. The van der Waals surface area contributed by atoms with E-state index < -0.39 is 53.1 Å². The number of carbonyl (C=O) groups excluding carboxylic acids is 3. The van der Waals surface area contributed by atoms with Gasteiger partial charge in [0.25, 0.3) is 11.7 Å². The van der Waals surface area contributed by atoms with Gasteiger partial charge >= 0.3 is 11.9 Å². The first-order valence-electron chi connectivity index (χ1n) is 25.2. The molecule has 5 N–H and O–H groups in total. The largest absolute Gasteiger partial charge is 0.507 e. The first-order chi connectivity index (χ1) is 33.8. The molecule has 384 valence electrons. The number of phenolic OH excluding ortho intramolecular Hbond substituents is 2. The number of piperidine rings is 1. The number of aliphatic hydroxyl groups excluding tert-OH is 2. The number of benzene rings is 3. The molecule has 6 aliphatic heterocycles. The zero-order valence-electron chi connectivity index (χ0n) is 43.1. The van der Waals surface area contributed by atoms with Crippen LogP contribution in [0.25, 0.3) is 10.8 Å². The number of nitrogens with zero attached hydrogens (tertiary/aromatic N) is 5. The van der Waals surface area contributed by atoms with Crippen molar-refractivity contribution >= 4 is 39.9 Å². The number of carbonyl (C=O) groups is 3. The second-order valence-electron chi connectivity index (χ2n) is 20.7. The van der Waals surface area contributed by atoms with Crippen LogP contribution < -0.4 is 25.7 Å². The van der Waals surface area contributed by atoms with Crippen molar-refractivity contribution in [3.05, 3.63) is 88.3 Å². The minimum Gasteiger partial charge on any atom is -0.507 e. The Hall–Kier alpha value is -5.97. The molecule has 0 radical (unpaired) electrons. The van der Waals surface area contributed by atoms with Gasteiger partial charge in [0.05, 0.1) is 28.7 Å². The molecule has 0 aliphatic carbocycles. The van der Waals surface area contributed by atoms with Crippen LogP contribution in [0.5, 0.6) is 17.2 Å². The maximum atomic E-state index is 14.8. The molecule has 2 fully saturated rings. The molecule has 9 rings (SSSR count). The summed E-state index contributed by atoms with van der Waals surface area (Å²) in [4.78, 5) is 59.5. The zero-order valence-corrected chi connectivity index (χ0v) is 43.1. The number of para-hydroxylation sites is 1.